The van der Waals surface area contributed by atoms with Gasteiger partial charge in [-0.15, -0.1) is 11.3 Å². The molecule has 0 saturated carbocycles. The van der Waals surface area contributed by atoms with Crippen LogP contribution in [0.25, 0.3) is 0 Å². The summed E-state index contributed by atoms with van der Waals surface area (Å²) in [5, 5.41) is 0.929. The van der Waals surface area contributed by atoms with Crippen LogP contribution in [0.2, 0.25) is 0 Å². The molecule has 2 unspecified atom stereocenters. The van der Waals surface area contributed by atoms with Gasteiger partial charge < -0.3 is 9.80 Å². The van der Waals surface area contributed by atoms with E-state index < -0.39 is 0 Å². The van der Waals surface area contributed by atoms with Gasteiger partial charge in [-0.2, -0.15) is 0 Å². The standard InChI is InChI=1S/C15H21N3O2S/c1-3-10-8-16-13(21-10)9-18-11(4-2)14(19)17-7-5-6-12(17)15(18)20/h8,11-12H,3-7,9H2,1-2H3. The molecule has 0 bridgehead atoms. The molecular formula is C15H21N3O2S. The van der Waals surface area contributed by atoms with E-state index in [2.05, 4.69) is 11.9 Å². The van der Waals surface area contributed by atoms with Gasteiger partial charge in [0.25, 0.3) is 0 Å². The van der Waals surface area contributed by atoms with E-state index in [1.54, 1.807) is 21.1 Å². The normalized spacial score (nSPS) is 25.6. The highest BCUT2D eigenvalue weighted by Gasteiger charge is 2.47. The Morgan fingerprint density at radius 1 is 1.33 bits per heavy atom. The van der Waals surface area contributed by atoms with E-state index in [1.165, 1.54) is 4.88 Å². The fourth-order valence-electron chi connectivity index (χ4n) is 3.27. The number of thiazole rings is 1. The summed E-state index contributed by atoms with van der Waals surface area (Å²) >= 11 is 1.64. The van der Waals surface area contributed by atoms with E-state index in [0.717, 1.165) is 30.8 Å². The van der Waals surface area contributed by atoms with Crippen LogP contribution in [-0.4, -0.2) is 45.2 Å². The van der Waals surface area contributed by atoms with Crippen LogP contribution >= 0.6 is 11.3 Å². The van der Waals surface area contributed by atoms with E-state index in [9.17, 15) is 9.59 Å². The van der Waals surface area contributed by atoms with E-state index in [0.29, 0.717) is 13.0 Å². The highest BCUT2D eigenvalue weighted by molar-refractivity contribution is 7.11. The molecule has 21 heavy (non-hydrogen) atoms. The van der Waals surface area contributed by atoms with Gasteiger partial charge in [0.05, 0.1) is 6.54 Å². The second-order valence-electron chi connectivity index (χ2n) is 5.65. The minimum atomic E-state index is -0.319. The molecule has 5 nitrogen and oxygen atoms in total. The Balaban J connectivity index is 1.84. The van der Waals surface area contributed by atoms with Gasteiger partial charge in [-0.3, -0.25) is 9.59 Å². The number of fused-ring (bicyclic) bond motifs is 1. The van der Waals surface area contributed by atoms with Crippen molar-refractivity contribution in [3.8, 4) is 0 Å². The molecule has 6 heteroatoms. The summed E-state index contributed by atoms with van der Waals surface area (Å²) in [6, 6.07) is -0.549. The zero-order chi connectivity index (χ0) is 15.0. The fraction of sp³-hybridized carbons (Fsp3) is 0.667. The molecule has 0 radical (unpaired) electrons. The first kappa shape index (κ1) is 14.5. The summed E-state index contributed by atoms with van der Waals surface area (Å²) in [6.07, 6.45) is 5.23. The topological polar surface area (TPSA) is 53.5 Å². The number of piperazine rings is 1. The SMILES string of the molecule is CCc1cnc(CN2C(=O)C3CCCN3C(=O)C2CC)s1. The third-order valence-corrected chi connectivity index (χ3v) is 5.53. The monoisotopic (exact) mass is 307 g/mol. The average molecular weight is 307 g/mol. The molecule has 0 spiro atoms. The maximum absolute atomic E-state index is 12.7. The van der Waals surface area contributed by atoms with Crippen molar-refractivity contribution >= 4 is 23.2 Å². The molecule has 1 aromatic rings. The Hall–Kier alpha value is -1.43. The summed E-state index contributed by atoms with van der Waals surface area (Å²) in [6.45, 7) is 5.27. The number of hydrogen-bond acceptors (Lipinski definition) is 4. The van der Waals surface area contributed by atoms with Crippen LogP contribution in [0.5, 0.6) is 0 Å². The third-order valence-electron chi connectivity index (χ3n) is 4.41. The molecule has 2 fully saturated rings. The number of hydrogen-bond donors (Lipinski definition) is 0. The molecule has 2 amide bonds. The van der Waals surface area contributed by atoms with Crippen molar-refractivity contribution in [1.29, 1.82) is 0 Å². The molecule has 2 saturated heterocycles. The maximum Gasteiger partial charge on any atom is 0.246 e. The van der Waals surface area contributed by atoms with Crippen molar-refractivity contribution in [3.63, 3.8) is 0 Å². The van der Waals surface area contributed by atoms with Crippen molar-refractivity contribution in [2.45, 2.75) is 58.2 Å². The molecule has 0 aliphatic carbocycles. The molecule has 0 aromatic carbocycles. The number of carbonyl (C=O) groups excluding carboxylic acids is 2. The summed E-state index contributed by atoms with van der Waals surface area (Å²) < 4.78 is 0. The Labute approximate surface area is 129 Å². The number of carbonyl (C=O) groups is 2. The van der Waals surface area contributed by atoms with E-state index in [-0.39, 0.29) is 23.9 Å². The van der Waals surface area contributed by atoms with Crippen molar-refractivity contribution in [2.75, 3.05) is 6.54 Å². The molecule has 114 valence electrons. The van der Waals surface area contributed by atoms with E-state index in [4.69, 9.17) is 0 Å². The van der Waals surface area contributed by atoms with E-state index in [1.807, 2.05) is 13.1 Å². The van der Waals surface area contributed by atoms with Crippen LogP contribution in [0.4, 0.5) is 0 Å². The van der Waals surface area contributed by atoms with Crippen molar-refractivity contribution in [3.05, 3.63) is 16.1 Å². The summed E-state index contributed by atoms with van der Waals surface area (Å²) in [5.41, 5.74) is 0. The summed E-state index contributed by atoms with van der Waals surface area (Å²) in [4.78, 5) is 34.4. The van der Waals surface area contributed by atoms with Crippen LogP contribution in [-0.2, 0) is 22.6 Å². The van der Waals surface area contributed by atoms with E-state index >= 15 is 0 Å². The second kappa shape index (κ2) is 5.75. The Morgan fingerprint density at radius 3 is 2.81 bits per heavy atom. The van der Waals surface area contributed by atoms with Crippen LogP contribution in [0.15, 0.2) is 6.20 Å². The lowest BCUT2D eigenvalue weighted by molar-refractivity contribution is -0.160. The van der Waals surface area contributed by atoms with Crippen molar-refractivity contribution < 1.29 is 9.59 Å². The number of amides is 2. The van der Waals surface area contributed by atoms with Gasteiger partial charge in [0.2, 0.25) is 11.8 Å². The van der Waals surface area contributed by atoms with Crippen LogP contribution in [0.3, 0.4) is 0 Å². The first-order valence-corrected chi connectivity index (χ1v) is 8.51. The molecule has 2 aliphatic rings. The highest BCUT2D eigenvalue weighted by atomic mass is 32.1. The zero-order valence-corrected chi connectivity index (χ0v) is 13.4. The second-order valence-corrected chi connectivity index (χ2v) is 6.85. The third kappa shape index (κ3) is 2.46. The lowest BCUT2D eigenvalue weighted by Gasteiger charge is -2.41. The Morgan fingerprint density at radius 2 is 2.14 bits per heavy atom. The van der Waals surface area contributed by atoms with Gasteiger partial charge in [-0.1, -0.05) is 13.8 Å². The van der Waals surface area contributed by atoms with Gasteiger partial charge in [-0.25, -0.2) is 4.98 Å². The lowest BCUT2D eigenvalue weighted by Crippen LogP contribution is -2.62. The first-order chi connectivity index (χ1) is 10.2. The summed E-state index contributed by atoms with van der Waals surface area (Å²) in [5.74, 6) is 0.221. The molecule has 3 rings (SSSR count). The fourth-order valence-corrected chi connectivity index (χ4v) is 4.13. The lowest BCUT2D eigenvalue weighted by atomic mass is 10.0. The Kier molecular flexibility index (Phi) is 3.97. The number of aromatic nitrogens is 1. The molecule has 2 atom stereocenters. The number of rotatable bonds is 4. The number of aryl methyl sites for hydroxylation is 1. The van der Waals surface area contributed by atoms with Crippen molar-refractivity contribution in [2.24, 2.45) is 0 Å². The zero-order valence-electron chi connectivity index (χ0n) is 12.5. The summed E-state index contributed by atoms with van der Waals surface area (Å²) in [7, 11) is 0. The maximum atomic E-state index is 12.7. The number of nitrogens with zero attached hydrogens (tertiary/aromatic N) is 3. The molecule has 0 N–H and O–H groups in total. The van der Waals surface area contributed by atoms with Gasteiger partial charge in [-0.05, 0) is 25.7 Å². The van der Waals surface area contributed by atoms with Crippen LogP contribution in [0.1, 0.15) is 43.0 Å². The van der Waals surface area contributed by atoms with Gasteiger partial charge in [0.15, 0.2) is 0 Å². The van der Waals surface area contributed by atoms with Gasteiger partial charge >= 0.3 is 0 Å². The quantitative estimate of drug-likeness (QED) is 0.852. The Bertz CT molecular complexity index is 557. The predicted molar refractivity (Wildman–Crippen MR) is 80.9 cm³/mol. The predicted octanol–water partition coefficient (Wildman–Crippen LogP) is 1.82. The smallest absolute Gasteiger partial charge is 0.246 e. The van der Waals surface area contributed by atoms with Crippen LogP contribution in [0, 0.1) is 0 Å². The average Bonchev–Trinajstić information content (AvgIpc) is 3.14. The largest absolute Gasteiger partial charge is 0.329 e. The van der Waals surface area contributed by atoms with Gasteiger partial charge in [0.1, 0.15) is 17.1 Å². The minimum Gasteiger partial charge on any atom is -0.329 e. The minimum absolute atomic E-state index is 0.104. The van der Waals surface area contributed by atoms with Crippen LogP contribution < -0.4 is 0 Å². The van der Waals surface area contributed by atoms with Crippen molar-refractivity contribution in [1.82, 2.24) is 14.8 Å². The molecule has 1 aromatic heterocycles. The van der Waals surface area contributed by atoms with Gasteiger partial charge in [0, 0.05) is 17.6 Å². The molecule has 3 heterocycles. The highest BCUT2D eigenvalue weighted by Crippen LogP contribution is 2.29. The first-order valence-electron chi connectivity index (χ1n) is 7.70. The molecular weight excluding hydrogens is 286 g/mol. The molecule has 2 aliphatic heterocycles.